The van der Waals surface area contributed by atoms with Crippen LogP contribution in [-0.2, 0) is 4.79 Å². The fourth-order valence-corrected chi connectivity index (χ4v) is 2.49. The second-order valence-electron chi connectivity index (χ2n) is 5.10. The number of aliphatic hydroxyl groups is 1. The van der Waals surface area contributed by atoms with E-state index in [2.05, 4.69) is 10.6 Å². The van der Waals surface area contributed by atoms with Gasteiger partial charge in [0.2, 0.25) is 0 Å². The summed E-state index contributed by atoms with van der Waals surface area (Å²) in [5.41, 5.74) is 0. The molecule has 19 heavy (non-hydrogen) atoms. The summed E-state index contributed by atoms with van der Waals surface area (Å²) in [6.07, 6.45) is 7.30. The van der Waals surface area contributed by atoms with Crippen LogP contribution in [0.15, 0.2) is 0 Å². The van der Waals surface area contributed by atoms with E-state index >= 15 is 0 Å². The summed E-state index contributed by atoms with van der Waals surface area (Å²) in [7, 11) is 0. The summed E-state index contributed by atoms with van der Waals surface area (Å²) in [5, 5.41) is 22.5. The maximum atomic E-state index is 11.5. The van der Waals surface area contributed by atoms with Crippen LogP contribution in [0.2, 0.25) is 0 Å². The third-order valence-corrected chi connectivity index (χ3v) is 3.57. The Morgan fingerprint density at radius 2 is 1.95 bits per heavy atom. The number of carbonyl (C=O) groups excluding carboxylic acids is 1. The van der Waals surface area contributed by atoms with Crippen molar-refractivity contribution in [3.05, 3.63) is 0 Å². The number of rotatable bonds is 8. The minimum Gasteiger partial charge on any atom is -0.480 e. The van der Waals surface area contributed by atoms with Crippen molar-refractivity contribution in [3.8, 4) is 0 Å². The summed E-state index contributed by atoms with van der Waals surface area (Å²) in [6.45, 7) is 0.298. The van der Waals surface area contributed by atoms with Crippen LogP contribution in [0.1, 0.15) is 44.9 Å². The van der Waals surface area contributed by atoms with Gasteiger partial charge in [-0.3, -0.25) is 0 Å². The monoisotopic (exact) mass is 272 g/mol. The van der Waals surface area contributed by atoms with Crippen molar-refractivity contribution in [1.29, 1.82) is 0 Å². The van der Waals surface area contributed by atoms with Crippen molar-refractivity contribution in [2.24, 2.45) is 5.92 Å². The number of aliphatic carboxylic acids is 1. The molecule has 1 atom stereocenters. The second-order valence-corrected chi connectivity index (χ2v) is 5.10. The van der Waals surface area contributed by atoms with Gasteiger partial charge in [0, 0.05) is 19.6 Å². The van der Waals surface area contributed by atoms with Crippen molar-refractivity contribution in [3.63, 3.8) is 0 Å². The van der Waals surface area contributed by atoms with E-state index in [1.807, 2.05) is 0 Å². The zero-order chi connectivity index (χ0) is 14.1. The van der Waals surface area contributed by atoms with Crippen LogP contribution < -0.4 is 10.6 Å². The zero-order valence-electron chi connectivity index (χ0n) is 11.2. The minimum absolute atomic E-state index is 0.0187. The van der Waals surface area contributed by atoms with E-state index in [4.69, 9.17) is 10.2 Å². The van der Waals surface area contributed by atoms with Crippen LogP contribution in [0.3, 0.4) is 0 Å². The summed E-state index contributed by atoms with van der Waals surface area (Å²) in [4.78, 5) is 22.2. The Labute approximate surface area is 113 Å². The second kappa shape index (κ2) is 8.74. The molecular formula is C13H24N2O4. The van der Waals surface area contributed by atoms with Gasteiger partial charge in [-0.25, -0.2) is 9.59 Å². The molecule has 2 amide bonds. The molecule has 4 N–H and O–H groups in total. The van der Waals surface area contributed by atoms with Crippen LogP contribution in [-0.4, -0.2) is 41.4 Å². The number of carbonyl (C=O) groups is 2. The van der Waals surface area contributed by atoms with E-state index in [0.29, 0.717) is 6.54 Å². The molecule has 1 fully saturated rings. The van der Waals surface area contributed by atoms with E-state index in [-0.39, 0.29) is 13.0 Å². The molecule has 110 valence electrons. The smallest absolute Gasteiger partial charge is 0.326 e. The van der Waals surface area contributed by atoms with Gasteiger partial charge in [-0.15, -0.1) is 0 Å². The average molecular weight is 272 g/mol. The third kappa shape index (κ3) is 6.42. The lowest BCUT2D eigenvalue weighted by atomic mass is 10.0. The van der Waals surface area contributed by atoms with Crippen molar-refractivity contribution in [1.82, 2.24) is 10.6 Å². The van der Waals surface area contributed by atoms with Crippen molar-refractivity contribution in [2.45, 2.75) is 51.0 Å². The highest BCUT2D eigenvalue weighted by Crippen LogP contribution is 2.28. The number of hydrogen-bond donors (Lipinski definition) is 4. The first kappa shape index (κ1) is 15.8. The van der Waals surface area contributed by atoms with Crippen LogP contribution in [0.25, 0.3) is 0 Å². The maximum absolute atomic E-state index is 11.5. The Morgan fingerprint density at radius 3 is 2.53 bits per heavy atom. The van der Waals surface area contributed by atoms with Gasteiger partial charge in [-0.1, -0.05) is 25.7 Å². The fraction of sp³-hybridized carbons (Fsp3) is 0.846. The minimum atomic E-state index is -1.13. The molecule has 6 heteroatoms. The lowest BCUT2D eigenvalue weighted by molar-refractivity contribution is -0.139. The van der Waals surface area contributed by atoms with Gasteiger partial charge in [0.1, 0.15) is 6.04 Å². The highest BCUT2D eigenvalue weighted by molar-refractivity contribution is 5.82. The molecule has 0 bridgehead atoms. The normalized spacial score (nSPS) is 17.1. The molecule has 1 saturated carbocycles. The third-order valence-electron chi connectivity index (χ3n) is 3.57. The number of amides is 2. The van der Waals surface area contributed by atoms with Gasteiger partial charge in [0.25, 0.3) is 0 Å². The Morgan fingerprint density at radius 1 is 1.26 bits per heavy atom. The van der Waals surface area contributed by atoms with E-state index < -0.39 is 18.0 Å². The summed E-state index contributed by atoms with van der Waals surface area (Å²) in [5.74, 6) is -0.332. The highest BCUT2D eigenvalue weighted by Gasteiger charge is 2.19. The molecule has 0 heterocycles. The molecule has 1 aliphatic rings. The standard InChI is InChI=1S/C13H24N2O4/c16-9-7-11(12(17)18)15-13(19)14-8-3-6-10-4-1-2-5-10/h10-11,16H,1-9H2,(H,17,18)(H2,14,15,19). The number of nitrogens with one attached hydrogen (secondary N) is 2. The Hall–Kier alpha value is -1.30. The SMILES string of the molecule is O=C(NCCCC1CCCC1)NC(CCO)C(=O)O. The number of carboxylic acid groups (broad SMARTS) is 1. The molecule has 0 aromatic heterocycles. The fourth-order valence-electron chi connectivity index (χ4n) is 2.49. The molecular weight excluding hydrogens is 248 g/mol. The first-order valence-electron chi connectivity index (χ1n) is 7.01. The van der Waals surface area contributed by atoms with Crippen molar-refractivity contribution in [2.75, 3.05) is 13.2 Å². The van der Waals surface area contributed by atoms with Crippen LogP contribution >= 0.6 is 0 Å². The Balaban J connectivity index is 2.10. The van der Waals surface area contributed by atoms with Crippen LogP contribution in [0, 0.1) is 5.92 Å². The molecule has 1 aliphatic carbocycles. The first-order valence-corrected chi connectivity index (χ1v) is 7.01. The zero-order valence-corrected chi connectivity index (χ0v) is 11.2. The number of aliphatic hydroxyl groups excluding tert-OH is 1. The van der Waals surface area contributed by atoms with Crippen LogP contribution in [0.4, 0.5) is 4.79 Å². The van der Waals surface area contributed by atoms with Crippen molar-refractivity contribution >= 4 is 12.0 Å². The number of carboxylic acids is 1. The molecule has 0 radical (unpaired) electrons. The topological polar surface area (TPSA) is 98.7 Å². The Kier molecular flexibility index (Phi) is 7.25. The lowest BCUT2D eigenvalue weighted by Crippen LogP contribution is -2.46. The van der Waals surface area contributed by atoms with E-state index in [1.54, 1.807) is 0 Å². The molecule has 0 aromatic rings. The maximum Gasteiger partial charge on any atom is 0.326 e. The number of hydrogen-bond acceptors (Lipinski definition) is 3. The molecule has 0 saturated heterocycles. The van der Waals surface area contributed by atoms with E-state index in [9.17, 15) is 9.59 Å². The van der Waals surface area contributed by atoms with Gasteiger partial charge in [0.05, 0.1) is 0 Å². The van der Waals surface area contributed by atoms with Gasteiger partial charge in [0.15, 0.2) is 0 Å². The van der Waals surface area contributed by atoms with Gasteiger partial charge in [-0.2, -0.15) is 0 Å². The van der Waals surface area contributed by atoms with Gasteiger partial charge >= 0.3 is 12.0 Å². The predicted molar refractivity (Wildman–Crippen MR) is 70.9 cm³/mol. The first-order chi connectivity index (χ1) is 9.13. The van der Waals surface area contributed by atoms with Gasteiger partial charge in [-0.05, 0) is 18.8 Å². The van der Waals surface area contributed by atoms with Gasteiger partial charge < -0.3 is 20.8 Å². The lowest BCUT2D eigenvalue weighted by Gasteiger charge is -2.14. The number of urea groups is 1. The highest BCUT2D eigenvalue weighted by atomic mass is 16.4. The predicted octanol–water partition coefficient (Wildman–Crippen LogP) is 1.09. The largest absolute Gasteiger partial charge is 0.480 e. The molecule has 1 unspecified atom stereocenters. The summed E-state index contributed by atoms with van der Waals surface area (Å²) >= 11 is 0. The molecule has 0 aromatic carbocycles. The average Bonchev–Trinajstić information content (AvgIpc) is 2.87. The van der Waals surface area contributed by atoms with Crippen molar-refractivity contribution < 1.29 is 19.8 Å². The van der Waals surface area contributed by atoms with E-state index in [0.717, 1.165) is 18.8 Å². The molecule has 1 rings (SSSR count). The van der Waals surface area contributed by atoms with Crippen LogP contribution in [0.5, 0.6) is 0 Å². The molecule has 6 nitrogen and oxygen atoms in total. The Bertz CT molecular complexity index is 290. The van der Waals surface area contributed by atoms with E-state index in [1.165, 1.54) is 25.7 Å². The molecule has 0 spiro atoms. The summed E-state index contributed by atoms with van der Waals surface area (Å²) < 4.78 is 0. The quantitative estimate of drug-likeness (QED) is 0.497. The summed E-state index contributed by atoms with van der Waals surface area (Å²) in [6, 6.07) is -1.51. The molecule has 0 aliphatic heterocycles.